The smallest absolute Gasteiger partial charge is 0.408 e. The molecule has 2 aromatic carbocycles. The van der Waals surface area contributed by atoms with E-state index in [2.05, 4.69) is 60.3 Å². The molecule has 4 rings (SSSR count). The maximum absolute atomic E-state index is 11.4. The fourth-order valence-electron chi connectivity index (χ4n) is 4.59. The van der Waals surface area contributed by atoms with E-state index in [0.29, 0.717) is 23.5 Å². The SMILES string of the molecule is CC(CCN(C)C1CCC(c2ccc3[nH]c(=O)oc3c2)CC1)c1ccccc1. The van der Waals surface area contributed by atoms with Crippen molar-refractivity contribution in [2.24, 2.45) is 0 Å². The lowest BCUT2D eigenvalue weighted by atomic mass is 9.81. The van der Waals surface area contributed by atoms with Gasteiger partial charge in [-0.3, -0.25) is 4.98 Å². The van der Waals surface area contributed by atoms with Gasteiger partial charge in [-0.1, -0.05) is 43.3 Å². The quantitative estimate of drug-likeness (QED) is 0.635. The van der Waals surface area contributed by atoms with Crippen LogP contribution in [0.5, 0.6) is 0 Å². The molecule has 1 atom stereocenters. The molecule has 0 spiro atoms. The van der Waals surface area contributed by atoms with Gasteiger partial charge < -0.3 is 9.32 Å². The molecular weight excluding hydrogens is 348 g/mol. The van der Waals surface area contributed by atoms with Gasteiger partial charge in [-0.2, -0.15) is 0 Å². The average molecular weight is 379 g/mol. The van der Waals surface area contributed by atoms with Gasteiger partial charge in [0.15, 0.2) is 5.58 Å². The van der Waals surface area contributed by atoms with E-state index in [9.17, 15) is 4.79 Å². The monoisotopic (exact) mass is 378 g/mol. The van der Waals surface area contributed by atoms with Crippen LogP contribution in [0.2, 0.25) is 0 Å². The van der Waals surface area contributed by atoms with Crippen LogP contribution in [0, 0.1) is 0 Å². The summed E-state index contributed by atoms with van der Waals surface area (Å²) in [6.45, 7) is 3.47. The van der Waals surface area contributed by atoms with E-state index >= 15 is 0 Å². The van der Waals surface area contributed by atoms with Crippen molar-refractivity contribution in [3.8, 4) is 0 Å². The number of aromatic nitrogens is 1. The number of nitrogens with zero attached hydrogens (tertiary/aromatic N) is 1. The van der Waals surface area contributed by atoms with Gasteiger partial charge in [-0.25, -0.2) is 4.79 Å². The molecule has 0 aliphatic heterocycles. The van der Waals surface area contributed by atoms with Crippen LogP contribution in [-0.4, -0.2) is 29.5 Å². The number of rotatable bonds is 6. The second-order valence-corrected chi connectivity index (χ2v) is 8.36. The highest BCUT2D eigenvalue weighted by atomic mass is 16.4. The summed E-state index contributed by atoms with van der Waals surface area (Å²) in [4.78, 5) is 16.6. The Labute approximate surface area is 166 Å². The highest BCUT2D eigenvalue weighted by Gasteiger charge is 2.25. The van der Waals surface area contributed by atoms with Gasteiger partial charge in [-0.05, 0) is 80.8 Å². The van der Waals surface area contributed by atoms with Crippen molar-refractivity contribution in [2.75, 3.05) is 13.6 Å². The molecule has 0 amide bonds. The molecule has 1 N–H and O–H groups in total. The van der Waals surface area contributed by atoms with Crippen molar-refractivity contribution in [2.45, 2.75) is 56.9 Å². The lowest BCUT2D eigenvalue weighted by Crippen LogP contribution is -2.35. The summed E-state index contributed by atoms with van der Waals surface area (Å²) in [6, 6.07) is 17.7. The topological polar surface area (TPSA) is 49.2 Å². The van der Waals surface area contributed by atoms with Gasteiger partial charge in [0, 0.05) is 6.04 Å². The van der Waals surface area contributed by atoms with E-state index in [1.54, 1.807) is 0 Å². The zero-order valence-corrected chi connectivity index (χ0v) is 16.9. The third-order valence-corrected chi connectivity index (χ3v) is 6.52. The Balaban J connectivity index is 1.29. The van der Waals surface area contributed by atoms with E-state index in [1.165, 1.54) is 43.2 Å². The molecule has 0 bridgehead atoms. The van der Waals surface area contributed by atoms with E-state index < -0.39 is 0 Å². The van der Waals surface area contributed by atoms with E-state index in [-0.39, 0.29) is 5.76 Å². The highest BCUT2D eigenvalue weighted by Crippen LogP contribution is 2.35. The molecule has 3 aromatic rings. The third kappa shape index (κ3) is 4.22. The second-order valence-electron chi connectivity index (χ2n) is 8.36. The summed E-state index contributed by atoms with van der Waals surface area (Å²) in [6.07, 6.45) is 6.06. The summed E-state index contributed by atoms with van der Waals surface area (Å²) in [5.41, 5.74) is 4.20. The molecule has 1 fully saturated rings. The van der Waals surface area contributed by atoms with Gasteiger partial charge in [-0.15, -0.1) is 0 Å². The summed E-state index contributed by atoms with van der Waals surface area (Å²) < 4.78 is 5.23. The molecule has 148 valence electrons. The van der Waals surface area contributed by atoms with Gasteiger partial charge >= 0.3 is 5.76 Å². The first-order valence-electron chi connectivity index (χ1n) is 10.5. The first-order valence-corrected chi connectivity index (χ1v) is 10.5. The van der Waals surface area contributed by atoms with Gasteiger partial charge in [0.05, 0.1) is 5.52 Å². The first kappa shape index (κ1) is 19.0. The van der Waals surface area contributed by atoms with Crippen LogP contribution in [0.25, 0.3) is 11.1 Å². The Bertz CT molecular complexity index is 951. The fraction of sp³-hybridized carbons (Fsp3) is 0.458. The minimum absolute atomic E-state index is 0.373. The summed E-state index contributed by atoms with van der Waals surface area (Å²) >= 11 is 0. The molecule has 28 heavy (non-hydrogen) atoms. The zero-order valence-electron chi connectivity index (χ0n) is 16.9. The number of aromatic amines is 1. The number of hydrogen-bond donors (Lipinski definition) is 1. The molecule has 1 unspecified atom stereocenters. The van der Waals surface area contributed by atoms with Crippen LogP contribution in [0.3, 0.4) is 0 Å². The molecule has 0 radical (unpaired) electrons. The molecule has 4 nitrogen and oxygen atoms in total. The number of hydrogen-bond acceptors (Lipinski definition) is 3. The van der Waals surface area contributed by atoms with Crippen molar-refractivity contribution in [3.05, 3.63) is 70.2 Å². The summed E-state index contributed by atoms with van der Waals surface area (Å²) in [7, 11) is 2.28. The van der Waals surface area contributed by atoms with E-state index in [1.807, 2.05) is 12.1 Å². The molecule has 1 heterocycles. The van der Waals surface area contributed by atoms with Crippen LogP contribution in [0.15, 0.2) is 57.7 Å². The first-order chi connectivity index (χ1) is 13.6. The summed E-state index contributed by atoms with van der Waals surface area (Å²) in [5.74, 6) is 0.794. The second kappa shape index (κ2) is 8.36. The lowest BCUT2D eigenvalue weighted by molar-refractivity contribution is 0.178. The van der Waals surface area contributed by atoms with E-state index in [0.717, 1.165) is 12.1 Å². The van der Waals surface area contributed by atoms with Gasteiger partial charge in [0.1, 0.15) is 0 Å². The average Bonchev–Trinajstić information content (AvgIpc) is 3.11. The molecule has 4 heteroatoms. The maximum Gasteiger partial charge on any atom is 0.417 e. The third-order valence-electron chi connectivity index (χ3n) is 6.52. The molecule has 1 aliphatic rings. The molecule has 1 aliphatic carbocycles. The number of nitrogens with one attached hydrogen (secondary N) is 1. The predicted octanol–water partition coefficient (Wildman–Crippen LogP) is 5.27. The number of oxazole rings is 1. The Morgan fingerprint density at radius 3 is 2.61 bits per heavy atom. The molecule has 1 saturated carbocycles. The number of H-pyrrole nitrogens is 1. The molecule has 0 saturated heterocycles. The summed E-state index contributed by atoms with van der Waals surface area (Å²) in [5, 5.41) is 0. The molecular formula is C24H30N2O2. The number of fused-ring (bicyclic) bond motifs is 1. The van der Waals surface area contributed by atoms with Crippen molar-refractivity contribution in [1.29, 1.82) is 0 Å². The van der Waals surface area contributed by atoms with Crippen molar-refractivity contribution in [1.82, 2.24) is 9.88 Å². The molecule has 1 aromatic heterocycles. The van der Waals surface area contributed by atoms with Crippen LogP contribution in [-0.2, 0) is 0 Å². The van der Waals surface area contributed by atoms with Crippen LogP contribution >= 0.6 is 0 Å². The maximum atomic E-state index is 11.4. The predicted molar refractivity (Wildman–Crippen MR) is 114 cm³/mol. The Morgan fingerprint density at radius 1 is 1.11 bits per heavy atom. The number of benzene rings is 2. The van der Waals surface area contributed by atoms with Gasteiger partial charge in [0.25, 0.3) is 0 Å². The zero-order chi connectivity index (χ0) is 19.5. The largest absolute Gasteiger partial charge is 0.417 e. The van der Waals surface area contributed by atoms with Gasteiger partial charge in [0.2, 0.25) is 0 Å². The van der Waals surface area contributed by atoms with Crippen molar-refractivity contribution in [3.63, 3.8) is 0 Å². The highest BCUT2D eigenvalue weighted by molar-refractivity contribution is 5.72. The normalized spacial score (nSPS) is 21.2. The van der Waals surface area contributed by atoms with Crippen molar-refractivity contribution >= 4 is 11.1 Å². The minimum Gasteiger partial charge on any atom is -0.408 e. The lowest BCUT2D eigenvalue weighted by Gasteiger charge is -2.35. The minimum atomic E-state index is -0.373. The van der Waals surface area contributed by atoms with Crippen LogP contribution in [0.4, 0.5) is 0 Å². The Morgan fingerprint density at radius 2 is 1.86 bits per heavy atom. The standard InChI is InChI=1S/C24H30N2O2/c1-17(18-6-4-3-5-7-18)14-15-26(2)21-11-8-19(9-12-21)20-10-13-22-23(16-20)28-24(27)25-22/h3-7,10,13,16-17,19,21H,8-9,11-12,14-15H2,1-2H3,(H,25,27). The Hall–Kier alpha value is -2.33. The van der Waals surface area contributed by atoms with Crippen molar-refractivity contribution < 1.29 is 4.42 Å². The van der Waals surface area contributed by atoms with Crippen LogP contribution < -0.4 is 5.76 Å². The fourth-order valence-corrected chi connectivity index (χ4v) is 4.59. The Kier molecular flexibility index (Phi) is 5.67. The van der Waals surface area contributed by atoms with Crippen LogP contribution in [0.1, 0.15) is 62.0 Å². The van der Waals surface area contributed by atoms with E-state index in [4.69, 9.17) is 4.42 Å².